The van der Waals surface area contributed by atoms with Gasteiger partial charge in [-0.05, 0) is 91.1 Å². The van der Waals surface area contributed by atoms with Crippen molar-refractivity contribution in [3.05, 3.63) is 77.4 Å². The lowest BCUT2D eigenvalue weighted by molar-refractivity contribution is 0.0589. The molecule has 1 fully saturated rings. The number of hydrogen-bond acceptors (Lipinski definition) is 7. The second kappa shape index (κ2) is 11.8. The van der Waals surface area contributed by atoms with Gasteiger partial charge in [0.25, 0.3) is 5.91 Å². The molecule has 3 aromatic rings. The minimum Gasteiger partial charge on any atom is -0.497 e. The highest BCUT2D eigenvalue weighted by Gasteiger charge is 2.34. The molecule has 2 aliphatic rings. The van der Waals surface area contributed by atoms with Crippen LogP contribution in [-0.2, 0) is 16.4 Å². The van der Waals surface area contributed by atoms with Crippen LogP contribution in [0.5, 0.6) is 23.0 Å². The summed E-state index contributed by atoms with van der Waals surface area (Å²) >= 11 is 0. The third-order valence-corrected chi connectivity index (χ3v) is 9.45. The zero-order chi connectivity index (χ0) is 28.3. The second-order valence-corrected chi connectivity index (χ2v) is 11.7. The first-order chi connectivity index (χ1) is 19.3. The molecule has 2 aliphatic heterocycles. The largest absolute Gasteiger partial charge is 0.497 e. The highest BCUT2D eigenvalue weighted by atomic mass is 32.2. The van der Waals surface area contributed by atoms with E-state index in [0.29, 0.717) is 48.9 Å². The van der Waals surface area contributed by atoms with Crippen molar-refractivity contribution in [1.29, 1.82) is 0 Å². The smallest absolute Gasteiger partial charge is 0.254 e. The van der Waals surface area contributed by atoms with Crippen molar-refractivity contribution in [3.63, 3.8) is 0 Å². The fourth-order valence-electron chi connectivity index (χ4n) is 5.31. The average molecular weight is 567 g/mol. The minimum atomic E-state index is -3.56. The summed E-state index contributed by atoms with van der Waals surface area (Å²) in [6.45, 7) is 1.73. The van der Waals surface area contributed by atoms with E-state index < -0.39 is 16.1 Å². The van der Waals surface area contributed by atoms with E-state index in [1.165, 1.54) is 16.4 Å². The predicted molar refractivity (Wildman–Crippen MR) is 150 cm³/mol. The number of hydrogen-bond donors (Lipinski definition) is 0. The summed E-state index contributed by atoms with van der Waals surface area (Å²) in [7, 11) is 1.22. The number of carbonyl (C=O) groups is 1. The van der Waals surface area contributed by atoms with Crippen molar-refractivity contribution in [1.82, 2.24) is 9.21 Å². The number of carbonyl (C=O) groups excluding carboxylic acids is 1. The van der Waals surface area contributed by atoms with Crippen molar-refractivity contribution >= 4 is 15.9 Å². The van der Waals surface area contributed by atoms with Crippen molar-refractivity contribution in [2.75, 3.05) is 47.6 Å². The third kappa shape index (κ3) is 5.46. The Morgan fingerprint density at radius 1 is 0.825 bits per heavy atom. The normalized spacial score (nSPS) is 17.3. The molecule has 0 unspecified atom stereocenters. The van der Waals surface area contributed by atoms with Crippen LogP contribution in [0.3, 0.4) is 0 Å². The van der Waals surface area contributed by atoms with Crippen LogP contribution in [-0.4, -0.2) is 71.1 Å². The third-order valence-electron chi connectivity index (χ3n) is 7.53. The Hall–Kier alpha value is -3.76. The van der Waals surface area contributed by atoms with Gasteiger partial charge in [-0.15, -0.1) is 0 Å². The fourth-order valence-corrected chi connectivity index (χ4v) is 6.83. The monoisotopic (exact) mass is 566 g/mol. The Balaban J connectivity index is 1.44. The fraction of sp³-hybridized carbons (Fsp3) is 0.367. The first-order valence-electron chi connectivity index (χ1n) is 13.3. The molecule has 0 N–H and O–H groups in total. The van der Waals surface area contributed by atoms with Gasteiger partial charge in [-0.1, -0.05) is 0 Å². The Labute approximate surface area is 235 Å². The Kier molecular flexibility index (Phi) is 8.18. The van der Waals surface area contributed by atoms with Crippen molar-refractivity contribution in [2.24, 2.45) is 0 Å². The Morgan fingerprint density at radius 3 is 2.08 bits per heavy atom. The van der Waals surface area contributed by atoms with Crippen LogP contribution in [0.25, 0.3) is 0 Å². The molecule has 0 aliphatic carbocycles. The molecule has 0 spiro atoms. The Bertz CT molecular complexity index is 1450. The van der Waals surface area contributed by atoms with Crippen LogP contribution < -0.4 is 18.9 Å². The van der Waals surface area contributed by atoms with Crippen molar-refractivity contribution in [3.8, 4) is 23.0 Å². The van der Waals surface area contributed by atoms with Gasteiger partial charge in [0.2, 0.25) is 10.0 Å². The number of ether oxygens (including phenoxy) is 4. The molecule has 5 rings (SSSR count). The van der Waals surface area contributed by atoms with Gasteiger partial charge in [-0.25, -0.2) is 8.42 Å². The molecule has 0 radical (unpaired) electrons. The van der Waals surface area contributed by atoms with E-state index in [0.717, 1.165) is 29.7 Å². The summed E-state index contributed by atoms with van der Waals surface area (Å²) < 4.78 is 49.9. The summed E-state index contributed by atoms with van der Waals surface area (Å²) in [5, 5.41) is 0. The topological polar surface area (TPSA) is 94.6 Å². The molecule has 1 saturated heterocycles. The number of nitrogens with zero attached hydrogens (tertiary/aromatic N) is 2. The molecule has 1 amide bonds. The van der Waals surface area contributed by atoms with Crippen LogP contribution >= 0.6 is 0 Å². The SMILES string of the molecule is COc1ccc(OC[C@H]2c3cc(OC)c(OC)cc3CCN2C(=O)c2ccc(S(=O)(=O)N3CCCC3)cc2)cc1. The van der Waals surface area contributed by atoms with Crippen molar-refractivity contribution in [2.45, 2.75) is 30.2 Å². The number of benzene rings is 3. The number of sulfonamides is 1. The number of amides is 1. The zero-order valence-electron chi connectivity index (χ0n) is 23.0. The number of fused-ring (bicyclic) bond motifs is 1. The molecule has 40 heavy (non-hydrogen) atoms. The van der Waals surface area contributed by atoms with Gasteiger partial charge in [-0.3, -0.25) is 4.79 Å². The summed E-state index contributed by atoms with van der Waals surface area (Å²) in [6.07, 6.45) is 2.35. The van der Waals surface area contributed by atoms with E-state index in [1.807, 2.05) is 36.4 Å². The van der Waals surface area contributed by atoms with E-state index in [9.17, 15) is 13.2 Å². The van der Waals surface area contributed by atoms with Crippen LogP contribution in [0.1, 0.15) is 40.4 Å². The summed E-state index contributed by atoms with van der Waals surface area (Å²) in [6, 6.07) is 17.0. The van der Waals surface area contributed by atoms with E-state index in [2.05, 4.69) is 0 Å². The molecule has 3 aromatic carbocycles. The van der Waals surface area contributed by atoms with Gasteiger partial charge in [0.1, 0.15) is 18.1 Å². The molecule has 212 valence electrons. The zero-order valence-corrected chi connectivity index (χ0v) is 23.8. The van der Waals surface area contributed by atoms with Crippen LogP contribution in [0.4, 0.5) is 0 Å². The van der Waals surface area contributed by atoms with Crippen molar-refractivity contribution < 1.29 is 32.2 Å². The van der Waals surface area contributed by atoms with E-state index in [-0.39, 0.29) is 17.4 Å². The molecule has 9 nitrogen and oxygen atoms in total. The van der Waals surface area contributed by atoms with Gasteiger partial charge in [0.15, 0.2) is 11.5 Å². The molecule has 0 saturated carbocycles. The van der Waals surface area contributed by atoms with Crippen LogP contribution in [0, 0.1) is 0 Å². The molecule has 0 aromatic heterocycles. The van der Waals surface area contributed by atoms with Gasteiger partial charge in [0, 0.05) is 25.2 Å². The molecular weight excluding hydrogens is 532 g/mol. The van der Waals surface area contributed by atoms with Crippen LogP contribution in [0.2, 0.25) is 0 Å². The molecule has 2 heterocycles. The quantitative estimate of drug-likeness (QED) is 0.381. The van der Waals surface area contributed by atoms with E-state index >= 15 is 0 Å². The lowest BCUT2D eigenvalue weighted by Gasteiger charge is -2.37. The lowest BCUT2D eigenvalue weighted by atomic mass is 9.91. The lowest BCUT2D eigenvalue weighted by Crippen LogP contribution is -2.42. The standard InChI is InChI=1S/C30H34N2O7S/c1-36-23-8-10-24(11-9-23)39-20-27-26-19-29(38-3)28(37-2)18-22(26)14-17-32(27)30(33)21-6-12-25(13-7-21)40(34,35)31-15-4-5-16-31/h6-13,18-19,27H,4-5,14-17,20H2,1-3H3/t27-/m0/s1. The molecule has 10 heteroatoms. The number of rotatable bonds is 9. The summed E-state index contributed by atoms with van der Waals surface area (Å²) in [4.78, 5) is 15.8. The second-order valence-electron chi connectivity index (χ2n) is 9.79. The maximum atomic E-state index is 13.8. The summed E-state index contributed by atoms with van der Waals surface area (Å²) in [5.74, 6) is 2.37. The highest BCUT2D eigenvalue weighted by Crippen LogP contribution is 2.39. The first-order valence-corrected chi connectivity index (χ1v) is 14.7. The Morgan fingerprint density at radius 2 is 1.45 bits per heavy atom. The highest BCUT2D eigenvalue weighted by molar-refractivity contribution is 7.89. The maximum absolute atomic E-state index is 13.8. The average Bonchev–Trinajstić information content (AvgIpc) is 3.55. The minimum absolute atomic E-state index is 0.200. The van der Waals surface area contributed by atoms with Gasteiger partial charge in [-0.2, -0.15) is 4.31 Å². The van der Waals surface area contributed by atoms with E-state index in [1.54, 1.807) is 38.4 Å². The maximum Gasteiger partial charge on any atom is 0.254 e. The molecule has 0 bridgehead atoms. The molecular formula is C30H34N2O7S. The van der Waals surface area contributed by atoms with Gasteiger partial charge in [0.05, 0.1) is 32.3 Å². The first kappa shape index (κ1) is 27.8. The summed E-state index contributed by atoms with van der Waals surface area (Å²) in [5.41, 5.74) is 2.38. The number of methoxy groups -OCH3 is 3. The van der Waals surface area contributed by atoms with E-state index in [4.69, 9.17) is 18.9 Å². The van der Waals surface area contributed by atoms with Gasteiger partial charge < -0.3 is 23.8 Å². The van der Waals surface area contributed by atoms with Gasteiger partial charge >= 0.3 is 0 Å². The molecule has 1 atom stereocenters. The van der Waals surface area contributed by atoms with Crippen LogP contribution in [0.15, 0.2) is 65.6 Å². The predicted octanol–water partition coefficient (Wildman–Crippen LogP) is 4.32.